The van der Waals surface area contributed by atoms with E-state index in [9.17, 15) is 14.7 Å². The van der Waals surface area contributed by atoms with Crippen molar-refractivity contribution >= 4 is 24.2 Å². The summed E-state index contributed by atoms with van der Waals surface area (Å²) in [5.74, 6) is -2.18. The van der Waals surface area contributed by atoms with Crippen molar-refractivity contribution in [2.75, 3.05) is 13.2 Å². The van der Waals surface area contributed by atoms with Crippen molar-refractivity contribution in [3.63, 3.8) is 0 Å². The molecule has 1 aliphatic rings. The first-order valence-electron chi connectivity index (χ1n) is 7.65. The average Bonchev–Trinajstić information content (AvgIpc) is 2.66. The molecular weight excluding hydrogens is 408 g/mol. The second kappa shape index (κ2) is 19.1. The largest absolute Gasteiger partial charge is 0.483 e. The highest BCUT2D eigenvalue weighted by Gasteiger charge is 2.44. The van der Waals surface area contributed by atoms with Crippen molar-refractivity contribution in [2.24, 2.45) is 0 Å². The third-order valence-electron chi connectivity index (χ3n) is 2.78. The van der Waals surface area contributed by atoms with Crippen LogP contribution in [0.15, 0.2) is 0 Å². The summed E-state index contributed by atoms with van der Waals surface area (Å²) in [7, 11) is 0. The number of ketones is 1. The molecule has 0 spiro atoms. The molecule has 0 aliphatic carbocycles. The van der Waals surface area contributed by atoms with Gasteiger partial charge in [0.05, 0.1) is 13.0 Å². The molecule has 15 nitrogen and oxygen atoms in total. The summed E-state index contributed by atoms with van der Waals surface area (Å²) in [4.78, 5) is 41.0. The molecule has 1 aliphatic heterocycles. The minimum absolute atomic E-state index is 0.0463. The number of Topliss-reactive ketones (excluding diaryl/α,β-unsaturated/α-hetero) is 1. The van der Waals surface area contributed by atoms with Crippen LogP contribution in [-0.4, -0.2) is 114 Å². The predicted octanol–water partition coefficient (Wildman–Crippen LogP) is -3.52. The maximum Gasteiger partial charge on any atom is 0.329 e. The second-order valence-corrected chi connectivity index (χ2v) is 5.06. The van der Waals surface area contributed by atoms with Crippen molar-refractivity contribution in [2.45, 2.75) is 50.5 Å². The van der Waals surface area contributed by atoms with Gasteiger partial charge in [0.1, 0.15) is 36.8 Å². The number of rotatable bonds is 6. The minimum Gasteiger partial charge on any atom is -0.483 e. The quantitative estimate of drug-likeness (QED) is 0.111. The molecule has 172 valence electrons. The molecule has 0 bridgehead atoms. The van der Waals surface area contributed by atoms with Gasteiger partial charge in [0.2, 0.25) is 6.29 Å². The normalized spacial score (nSPS) is 24.9. The van der Waals surface area contributed by atoms with E-state index < -0.39 is 55.9 Å². The van der Waals surface area contributed by atoms with Crippen LogP contribution in [0.2, 0.25) is 0 Å². The summed E-state index contributed by atoms with van der Waals surface area (Å²) in [6.07, 6.45) is -6.94. The van der Waals surface area contributed by atoms with E-state index in [-0.39, 0.29) is 25.1 Å². The monoisotopic (exact) mass is 434 g/mol. The van der Waals surface area contributed by atoms with E-state index >= 15 is 0 Å². The van der Waals surface area contributed by atoms with Crippen LogP contribution in [0.5, 0.6) is 0 Å². The number of aliphatic carboxylic acids is 2. The molecule has 0 saturated carbocycles. The zero-order chi connectivity index (χ0) is 23.6. The molecule has 0 aromatic heterocycles. The summed E-state index contributed by atoms with van der Waals surface area (Å²) >= 11 is 0. The first kappa shape index (κ1) is 31.5. The molecule has 0 aromatic rings. The van der Waals surface area contributed by atoms with Gasteiger partial charge in [0.15, 0.2) is 0 Å². The fourth-order valence-electron chi connectivity index (χ4n) is 1.44. The number of carboxylic acid groups (broad SMARTS) is 3. The Morgan fingerprint density at radius 1 is 0.966 bits per heavy atom. The number of hydrogen-bond donors (Lipinski definition) is 9. The SMILES string of the molecule is CC(=O)CCC(=O)O.O=C(O)CO.O=CO.OCC1O[C@@H](OO)C(O)[C@@H](O)[C@@H]1O. The number of carbonyl (C=O) groups is 4. The van der Waals surface area contributed by atoms with Gasteiger partial charge in [-0.05, 0) is 6.92 Å². The zero-order valence-corrected chi connectivity index (χ0v) is 15.3. The molecule has 15 heteroatoms. The van der Waals surface area contributed by atoms with Gasteiger partial charge < -0.3 is 50.4 Å². The summed E-state index contributed by atoms with van der Waals surface area (Å²) in [6.45, 7) is -0.201. The Kier molecular flexibility index (Phi) is 20.7. The molecule has 29 heavy (non-hydrogen) atoms. The van der Waals surface area contributed by atoms with Crippen LogP contribution in [0, 0.1) is 0 Å². The molecule has 0 aromatic carbocycles. The van der Waals surface area contributed by atoms with Gasteiger partial charge in [-0.15, -0.1) is 0 Å². The smallest absolute Gasteiger partial charge is 0.329 e. The summed E-state index contributed by atoms with van der Waals surface area (Å²) in [5.41, 5.74) is 0. The minimum atomic E-state index is -1.55. The molecule has 2 unspecified atom stereocenters. The Hall–Kier alpha value is -2.24. The van der Waals surface area contributed by atoms with Crippen molar-refractivity contribution in [1.82, 2.24) is 0 Å². The molecular formula is C14H26O15. The fourth-order valence-corrected chi connectivity index (χ4v) is 1.44. The number of ether oxygens (including phenoxy) is 1. The number of aliphatic hydroxyl groups is 5. The van der Waals surface area contributed by atoms with Crippen LogP contribution >= 0.6 is 0 Å². The van der Waals surface area contributed by atoms with Gasteiger partial charge in [-0.3, -0.25) is 9.59 Å². The van der Waals surface area contributed by atoms with Crippen molar-refractivity contribution < 1.29 is 74.9 Å². The number of carbonyl (C=O) groups excluding carboxylic acids is 1. The number of aliphatic hydroxyl groups excluding tert-OH is 5. The molecule has 0 amide bonds. The van der Waals surface area contributed by atoms with Crippen LogP contribution in [-0.2, 0) is 28.8 Å². The van der Waals surface area contributed by atoms with Crippen LogP contribution in [0.3, 0.4) is 0 Å². The molecule has 1 rings (SSSR count). The zero-order valence-electron chi connectivity index (χ0n) is 15.3. The molecule has 5 atom stereocenters. The van der Waals surface area contributed by atoms with E-state index in [1.54, 1.807) is 0 Å². The van der Waals surface area contributed by atoms with E-state index in [4.69, 9.17) is 55.3 Å². The Bertz CT molecular complexity index is 434. The van der Waals surface area contributed by atoms with E-state index in [2.05, 4.69) is 4.89 Å². The van der Waals surface area contributed by atoms with Gasteiger partial charge >= 0.3 is 11.9 Å². The lowest BCUT2D eigenvalue weighted by Gasteiger charge is -2.37. The van der Waals surface area contributed by atoms with Crippen LogP contribution < -0.4 is 0 Å². The number of carboxylic acids is 2. The van der Waals surface area contributed by atoms with Gasteiger partial charge in [-0.2, -0.15) is 0 Å². The highest BCUT2D eigenvalue weighted by Crippen LogP contribution is 2.20. The number of hydrogen-bond acceptors (Lipinski definition) is 12. The van der Waals surface area contributed by atoms with Crippen molar-refractivity contribution in [1.29, 1.82) is 0 Å². The Labute approximate surface area is 163 Å². The van der Waals surface area contributed by atoms with Crippen molar-refractivity contribution in [3.8, 4) is 0 Å². The standard InChI is InChI=1S/C6H12O7.C5H8O3.C2H4O3.CH2O2/c7-1-2-3(8)4(9)5(10)6(12-2)13-11;1-4(6)2-3-5(7)8;3-1-2(4)5;2-1-3/h2-11H,1H2;2-3H2,1H3,(H,7,8);3H,1H2,(H,4,5);1H,(H,2,3)/t2?,3-,4+,5?,6+;;;/m1.../s1. The maximum absolute atomic E-state index is 10.1. The van der Waals surface area contributed by atoms with E-state index in [0.29, 0.717) is 0 Å². The Balaban J connectivity index is -0.000000361. The summed E-state index contributed by atoms with van der Waals surface area (Å²) in [5, 5.41) is 74.3. The predicted molar refractivity (Wildman–Crippen MR) is 88.4 cm³/mol. The lowest BCUT2D eigenvalue weighted by molar-refractivity contribution is -0.404. The summed E-state index contributed by atoms with van der Waals surface area (Å²) < 4.78 is 4.70. The first-order valence-corrected chi connectivity index (χ1v) is 7.65. The Morgan fingerprint density at radius 2 is 1.41 bits per heavy atom. The molecule has 1 fully saturated rings. The Morgan fingerprint density at radius 3 is 1.66 bits per heavy atom. The van der Waals surface area contributed by atoms with Gasteiger partial charge in [0, 0.05) is 6.42 Å². The van der Waals surface area contributed by atoms with Gasteiger partial charge in [-0.25, -0.2) is 14.9 Å². The third-order valence-corrected chi connectivity index (χ3v) is 2.78. The highest BCUT2D eigenvalue weighted by molar-refractivity contribution is 5.80. The van der Waals surface area contributed by atoms with E-state index in [1.807, 2.05) is 0 Å². The van der Waals surface area contributed by atoms with Crippen LogP contribution in [0.1, 0.15) is 19.8 Å². The van der Waals surface area contributed by atoms with Gasteiger partial charge in [0.25, 0.3) is 6.47 Å². The highest BCUT2D eigenvalue weighted by atomic mass is 17.1. The molecule has 0 radical (unpaired) electrons. The first-order chi connectivity index (χ1) is 13.4. The average molecular weight is 434 g/mol. The maximum atomic E-state index is 10.1. The van der Waals surface area contributed by atoms with E-state index in [0.717, 1.165) is 0 Å². The molecule has 1 saturated heterocycles. The van der Waals surface area contributed by atoms with Gasteiger partial charge in [-0.1, -0.05) is 0 Å². The van der Waals surface area contributed by atoms with Crippen LogP contribution in [0.25, 0.3) is 0 Å². The van der Waals surface area contributed by atoms with Crippen molar-refractivity contribution in [3.05, 3.63) is 0 Å². The lowest BCUT2D eigenvalue weighted by Crippen LogP contribution is -2.58. The third kappa shape index (κ3) is 17.6. The topological polar surface area (TPSA) is 269 Å². The summed E-state index contributed by atoms with van der Waals surface area (Å²) in [6, 6.07) is 0. The van der Waals surface area contributed by atoms with E-state index in [1.165, 1.54) is 6.92 Å². The lowest BCUT2D eigenvalue weighted by atomic mass is 9.99. The molecule has 9 N–H and O–H groups in total. The second-order valence-electron chi connectivity index (χ2n) is 5.06. The molecule has 1 heterocycles. The van der Waals surface area contributed by atoms with Crippen LogP contribution in [0.4, 0.5) is 0 Å². The fraction of sp³-hybridized carbons (Fsp3) is 0.714.